The van der Waals surface area contributed by atoms with Crippen LogP contribution in [0.1, 0.15) is 38.5 Å². The first-order chi connectivity index (χ1) is 5.84. The van der Waals surface area contributed by atoms with E-state index in [2.05, 4.69) is 12.2 Å². The van der Waals surface area contributed by atoms with E-state index < -0.39 is 0 Å². The Hall–Kier alpha value is -0.590. The molecule has 0 radical (unpaired) electrons. The van der Waals surface area contributed by atoms with Crippen molar-refractivity contribution in [2.24, 2.45) is 11.8 Å². The number of carbonyl (C=O) groups excluding carboxylic acids is 1. The molecule has 0 spiro atoms. The summed E-state index contributed by atoms with van der Waals surface area (Å²) in [4.78, 5) is 11.1. The molecule has 2 rings (SSSR count). The predicted octanol–water partition coefficient (Wildman–Crippen LogP) is 2.71. The molecular formula is C11H16O. The van der Waals surface area contributed by atoms with Crippen LogP contribution in [0.3, 0.4) is 0 Å². The molecule has 0 N–H and O–H groups in total. The summed E-state index contributed by atoms with van der Waals surface area (Å²) < 4.78 is 0. The molecule has 1 atom stereocenters. The zero-order valence-electron chi connectivity index (χ0n) is 7.46. The fraction of sp³-hybridized carbons (Fsp3) is 0.727. The third-order valence-electron chi connectivity index (χ3n) is 2.80. The van der Waals surface area contributed by atoms with E-state index in [9.17, 15) is 4.79 Å². The van der Waals surface area contributed by atoms with Crippen LogP contribution in [0.4, 0.5) is 0 Å². The minimum atomic E-state index is 0.465. The fourth-order valence-electron chi connectivity index (χ4n) is 1.83. The van der Waals surface area contributed by atoms with E-state index in [0.29, 0.717) is 11.7 Å². The Balaban J connectivity index is 1.81. The normalized spacial score (nSPS) is 31.3. The van der Waals surface area contributed by atoms with Gasteiger partial charge in [0.25, 0.3) is 0 Å². The molecule has 0 saturated heterocycles. The molecule has 2 saturated carbocycles. The lowest BCUT2D eigenvalue weighted by atomic mass is 9.88. The molecular weight excluding hydrogens is 148 g/mol. The molecule has 2 aliphatic rings. The fourth-order valence-corrected chi connectivity index (χ4v) is 1.83. The smallest absolute Gasteiger partial charge is 0.133 e. The first-order valence-electron chi connectivity index (χ1n) is 5.04. The second-order valence-electron chi connectivity index (χ2n) is 4.12. The molecule has 0 amide bonds. The quantitative estimate of drug-likeness (QED) is 0.573. The SMILES string of the molecule is O=C1CCC[C@H](/C=C/C2CC2)C1. The van der Waals surface area contributed by atoms with E-state index in [1.165, 1.54) is 19.3 Å². The van der Waals surface area contributed by atoms with Gasteiger partial charge in [-0.1, -0.05) is 12.2 Å². The molecule has 12 heavy (non-hydrogen) atoms. The Morgan fingerprint density at radius 1 is 1.08 bits per heavy atom. The van der Waals surface area contributed by atoms with Crippen LogP contribution in [-0.4, -0.2) is 5.78 Å². The van der Waals surface area contributed by atoms with Gasteiger partial charge in [0.15, 0.2) is 0 Å². The first kappa shape index (κ1) is 8.03. The van der Waals surface area contributed by atoms with Crippen LogP contribution < -0.4 is 0 Å². The molecule has 1 heteroatoms. The maximum Gasteiger partial charge on any atom is 0.133 e. The maximum atomic E-state index is 11.1. The second-order valence-corrected chi connectivity index (χ2v) is 4.12. The minimum Gasteiger partial charge on any atom is -0.300 e. The van der Waals surface area contributed by atoms with Gasteiger partial charge in [0.2, 0.25) is 0 Å². The Bertz CT molecular complexity index is 201. The third-order valence-corrected chi connectivity index (χ3v) is 2.80. The summed E-state index contributed by atoms with van der Waals surface area (Å²) >= 11 is 0. The Labute approximate surface area is 73.8 Å². The Morgan fingerprint density at radius 3 is 2.50 bits per heavy atom. The van der Waals surface area contributed by atoms with Gasteiger partial charge in [-0.05, 0) is 37.5 Å². The van der Waals surface area contributed by atoms with Crippen molar-refractivity contribution >= 4 is 5.78 Å². The standard InChI is InChI=1S/C11H16O/c12-11-3-1-2-10(8-11)7-6-9-4-5-9/h6-7,9-10H,1-5,8H2/b7-6+/t10-/m1/s1. The monoisotopic (exact) mass is 164 g/mol. The number of hydrogen-bond acceptors (Lipinski definition) is 1. The zero-order valence-corrected chi connectivity index (χ0v) is 7.46. The van der Waals surface area contributed by atoms with E-state index in [-0.39, 0.29) is 0 Å². The largest absolute Gasteiger partial charge is 0.300 e. The van der Waals surface area contributed by atoms with Gasteiger partial charge in [-0.15, -0.1) is 0 Å². The molecule has 0 aromatic rings. The number of Topliss-reactive ketones (excluding diaryl/α,β-unsaturated/α-hetero) is 1. The van der Waals surface area contributed by atoms with E-state index in [0.717, 1.165) is 25.2 Å². The summed E-state index contributed by atoms with van der Waals surface area (Å²) in [6.07, 6.45) is 11.3. The molecule has 66 valence electrons. The highest BCUT2D eigenvalue weighted by atomic mass is 16.1. The van der Waals surface area contributed by atoms with E-state index in [1.54, 1.807) is 0 Å². The van der Waals surface area contributed by atoms with Crippen molar-refractivity contribution in [3.8, 4) is 0 Å². The molecule has 0 bridgehead atoms. The molecule has 2 fully saturated rings. The van der Waals surface area contributed by atoms with Crippen molar-refractivity contribution in [3.63, 3.8) is 0 Å². The number of carbonyl (C=O) groups is 1. The summed E-state index contributed by atoms with van der Waals surface area (Å²) in [5, 5.41) is 0. The molecule has 0 aliphatic heterocycles. The average molecular weight is 164 g/mol. The molecule has 1 nitrogen and oxygen atoms in total. The van der Waals surface area contributed by atoms with Crippen LogP contribution in [0.5, 0.6) is 0 Å². The van der Waals surface area contributed by atoms with Crippen molar-refractivity contribution in [1.82, 2.24) is 0 Å². The highest BCUT2D eigenvalue weighted by Gasteiger charge is 2.20. The van der Waals surface area contributed by atoms with Crippen LogP contribution >= 0.6 is 0 Å². The number of ketones is 1. The highest BCUT2D eigenvalue weighted by Crippen LogP contribution is 2.32. The van der Waals surface area contributed by atoms with Gasteiger partial charge in [0.1, 0.15) is 5.78 Å². The topological polar surface area (TPSA) is 17.1 Å². The lowest BCUT2D eigenvalue weighted by molar-refractivity contribution is -0.121. The zero-order chi connectivity index (χ0) is 8.39. The van der Waals surface area contributed by atoms with E-state index >= 15 is 0 Å². The van der Waals surface area contributed by atoms with Crippen LogP contribution in [0.2, 0.25) is 0 Å². The summed E-state index contributed by atoms with van der Waals surface area (Å²) in [5.41, 5.74) is 0. The Kier molecular flexibility index (Phi) is 2.29. The summed E-state index contributed by atoms with van der Waals surface area (Å²) in [6.45, 7) is 0. The first-order valence-corrected chi connectivity index (χ1v) is 5.04. The second kappa shape index (κ2) is 3.42. The lowest BCUT2D eigenvalue weighted by Gasteiger charge is -2.16. The number of allylic oxidation sites excluding steroid dienone is 2. The van der Waals surface area contributed by atoms with Gasteiger partial charge in [-0.3, -0.25) is 4.79 Å². The van der Waals surface area contributed by atoms with Crippen molar-refractivity contribution < 1.29 is 4.79 Å². The maximum absolute atomic E-state index is 11.1. The number of hydrogen-bond donors (Lipinski definition) is 0. The average Bonchev–Trinajstić information content (AvgIpc) is 2.84. The van der Waals surface area contributed by atoms with Gasteiger partial charge in [0, 0.05) is 12.8 Å². The van der Waals surface area contributed by atoms with E-state index in [1.807, 2.05) is 0 Å². The van der Waals surface area contributed by atoms with Crippen molar-refractivity contribution in [3.05, 3.63) is 12.2 Å². The van der Waals surface area contributed by atoms with Gasteiger partial charge in [0.05, 0.1) is 0 Å². The van der Waals surface area contributed by atoms with Crippen LogP contribution in [-0.2, 0) is 4.79 Å². The van der Waals surface area contributed by atoms with E-state index in [4.69, 9.17) is 0 Å². The van der Waals surface area contributed by atoms with Crippen LogP contribution in [0.25, 0.3) is 0 Å². The van der Waals surface area contributed by atoms with Gasteiger partial charge < -0.3 is 0 Å². The number of rotatable bonds is 2. The highest BCUT2D eigenvalue weighted by molar-refractivity contribution is 5.79. The van der Waals surface area contributed by atoms with Gasteiger partial charge in [-0.25, -0.2) is 0 Å². The van der Waals surface area contributed by atoms with Crippen molar-refractivity contribution in [2.45, 2.75) is 38.5 Å². The molecule has 0 aromatic heterocycles. The summed E-state index contributed by atoms with van der Waals surface area (Å²) in [5.74, 6) is 1.90. The molecule has 2 aliphatic carbocycles. The predicted molar refractivity (Wildman–Crippen MR) is 48.8 cm³/mol. The van der Waals surface area contributed by atoms with Gasteiger partial charge in [-0.2, -0.15) is 0 Å². The summed E-state index contributed by atoms with van der Waals surface area (Å²) in [6, 6.07) is 0. The van der Waals surface area contributed by atoms with Gasteiger partial charge >= 0.3 is 0 Å². The molecule has 0 aromatic carbocycles. The Morgan fingerprint density at radius 2 is 1.83 bits per heavy atom. The van der Waals surface area contributed by atoms with Crippen LogP contribution in [0, 0.1) is 11.8 Å². The van der Waals surface area contributed by atoms with Crippen molar-refractivity contribution in [2.75, 3.05) is 0 Å². The molecule has 0 unspecified atom stereocenters. The summed E-state index contributed by atoms with van der Waals surface area (Å²) in [7, 11) is 0. The third kappa shape index (κ3) is 2.20. The van der Waals surface area contributed by atoms with Crippen LogP contribution in [0.15, 0.2) is 12.2 Å². The minimum absolute atomic E-state index is 0.465. The molecule has 0 heterocycles. The van der Waals surface area contributed by atoms with Crippen molar-refractivity contribution in [1.29, 1.82) is 0 Å². The lowest BCUT2D eigenvalue weighted by Crippen LogP contribution is -2.12.